The second kappa shape index (κ2) is 4.49. The molecule has 0 saturated heterocycles. The number of ketones is 1. The Morgan fingerprint density at radius 3 is 2.94 bits per heavy atom. The van der Waals surface area contributed by atoms with Gasteiger partial charge in [0.2, 0.25) is 0 Å². The molecule has 1 N–H and O–H groups in total. The van der Waals surface area contributed by atoms with Crippen molar-refractivity contribution in [3.63, 3.8) is 0 Å². The van der Waals surface area contributed by atoms with Crippen LogP contribution in [0.3, 0.4) is 0 Å². The summed E-state index contributed by atoms with van der Waals surface area (Å²) in [6, 6.07) is 5.58. The number of halogens is 2. The third-order valence-electron chi connectivity index (χ3n) is 2.19. The van der Waals surface area contributed by atoms with Crippen molar-refractivity contribution in [2.75, 3.05) is 6.54 Å². The molecular weight excluding hydrogens is 229 g/mol. The van der Waals surface area contributed by atoms with Crippen LogP contribution in [0.2, 0.25) is 0 Å². The highest BCUT2D eigenvalue weighted by Crippen LogP contribution is 2.16. The Morgan fingerprint density at radius 2 is 2.25 bits per heavy atom. The van der Waals surface area contributed by atoms with E-state index in [0.717, 1.165) is 0 Å². The Labute approximate surface area is 97.4 Å². The summed E-state index contributed by atoms with van der Waals surface area (Å²) in [7, 11) is 0. The van der Waals surface area contributed by atoms with Gasteiger partial charge < -0.3 is 5.32 Å². The third kappa shape index (κ3) is 2.31. The lowest BCUT2D eigenvalue weighted by Gasteiger charge is -2.10. The van der Waals surface area contributed by atoms with Crippen LogP contribution in [-0.2, 0) is 0 Å². The molecule has 0 aliphatic carbocycles. The molecule has 0 aromatic heterocycles. The van der Waals surface area contributed by atoms with Gasteiger partial charge in [0, 0.05) is 22.4 Å². The first-order valence-corrected chi connectivity index (χ1v) is 5.14. The molecule has 1 heterocycles. The lowest BCUT2D eigenvalue weighted by atomic mass is 10.0. The maximum Gasteiger partial charge on any atom is 0.194 e. The van der Waals surface area contributed by atoms with Gasteiger partial charge in [0.1, 0.15) is 5.82 Å². The number of hydrogen-bond donors (Lipinski definition) is 1. The summed E-state index contributed by atoms with van der Waals surface area (Å²) < 4.78 is 12.9. The van der Waals surface area contributed by atoms with Gasteiger partial charge in [-0.2, -0.15) is 0 Å². The molecule has 1 aliphatic rings. The lowest BCUT2D eigenvalue weighted by molar-refractivity contribution is 0.103. The summed E-state index contributed by atoms with van der Waals surface area (Å²) in [5.41, 5.74) is 0.748. The number of nitrogens with one attached hydrogen (secondary N) is 1. The zero-order valence-corrected chi connectivity index (χ0v) is 9.09. The molecule has 0 fully saturated rings. The van der Waals surface area contributed by atoms with Gasteiger partial charge in [0.25, 0.3) is 0 Å². The highest BCUT2D eigenvalue weighted by Gasteiger charge is 2.13. The molecule has 1 aromatic carbocycles. The van der Waals surface area contributed by atoms with Crippen molar-refractivity contribution in [1.82, 2.24) is 5.32 Å². The van der Waals surface area contributed by atoms with Crippen LogP contribution in [0.15, 0.2) is 47.1 Å². The third-order valence-corrected chi connectivity index (χ3v) is 2.43. The summed E-state index contributed by atoms with van der Waals surface area (Å²) in [6.07, 6.45) is 3.17. The van der Waals surface area contributed by atoms with Gasteiger partial charge in [-0.25, -0.2) is 4.39 Å². The molecule has 2 nitrogen and oxygen atoms in total. The van der Waals surface area contributed by atoms with Crippen LogP contribution in [0.4, 0.5) is 4.39 Å². The highest BCUT2D eigenvalue weighted by atomic mass is 35.5. The van der Waals surface area contributed by atoms with E-state index in [9.17, 15) is 9.18 Å². The number of carbonyl (C=O) groups is 1. The van der Waals surface area contributed by atoms with Crippen LogP contribution in [0.25, 0.3) is 0 Å². The van der Waals surface area contributed by atoms with Crippen LogP contribution in [-0.4, -0.2) is 12.3 Å². The normalized spacial score (nSPS) is 14.9. The number of dihydropyridines is 1. The van der Waals surface area contributed by atoms with Gasteiger partial charge in [0.15, 0.2) is 5.78 Å². The fourth-order valence-corrected chi connectivity index (χ4v) is 1.64. The minimum absolute atomic E-state index is 0.246. The maximum atomic E-state index is 12.9. The van der Waals surface area contributed by atoms with Gasteiger partial charge in [-0.1, -0.05) is 23.7 Å². The topological polar surface area (TPSA) is 29.1 Å². The quantitative estimate of drug-likeness (QED) is 0.802. The molecule has 0 bridgehead atoms. The largest absolute Gasteiger partial charge is 0.385 e. The second-order valence-electron chi connectivity index (χ2n) is 3.41. The molecule has 0 spiro atoms. The van der Waals surface area contributed by atoms with Crippen LogP contribution < -0.4 is 5.32 Å². The maximum absolute atomic E-state index is 12.9. The summed E-state index contributed by atoms with van der Waals surface area (Å²) in [4.78, 5) is 11.9. The van der Waals surface area contributed by atoms with Gasteiger partial charge in [-0.05, 0) is 18.2 Å². The molecule has 82 valence electrons. The summed E-state index contributed by atoms with van der Waals surface area (Å²) in [5, 5.41) is 3.43. The summed E-state index contributed by atoms with van der Waals surface area (Å²) >= 11 is 5.81. The zero-order valence-electron chi connectivity index (χ0n) is 8.34. The standard InChI is InChI=1S/C12H9ClFNO/c13-10-4-9(6-15-7-10)12(16)8-2-1-3-11(14)5-8/h1-6,15H,7H2. The van der Waals surface area contributed by atoms with Crippen LogP contribution in [0.5, 0.6) is 0 Å². The number of carbonyl (C=O) groups excluding carboxylic acids is 1. The highest BCUT2D eigenvalue weighted by molar-refractivity contribution is 6.30. The molecule has 0 amide bonds. The van der Waals surface area contributed by atoms with Gasteiger partial charge in [-0.15, -0.1) is 0 Å². The lowest BCUT2D eigenvalue weighted by Crippen LogP contribution is -2.16. The minimum Gasteiger partial charge on any atom is -0.385 e. The fraction of sp³-hybridized carbons (Fsp3) is 0.0833. The molecule has 0 radical (unpaired) electrons. The number of rotatable bonds is 2. The van der Waals surface area contributed by atoms with E-state index < -0.39 is 5.82 Å². The Balaban J connectivity index is 2.29. The van der Waals surface area contributed by atoms with Crippen molar-refractivity contribution >= 4 is 17.4 Å². The van der Waals surface area contributed by atoms with E-state index in [0.29, 0.717) is 22.7 Å². The van der Waals surface area contributed by atoms with E-state index in [1.807, 2.05) is 0 Å². The van der Waals surface area contributed by atoms with Crippen LogP contribution in [0.1, 0.15) is 10.4 Å². The molecule has 0 unspecified atom stereocenters. The molecule has 1 aromatic rings. The number of hydrogen-bond acceptors (Lipinski definition) is 2. The van der Waals surface area contributed by atoms with E-state index >= 15 is 0 Å². The number of allylic oxidation sites excluding steroid dienone is 2. The first kappa shape index (κ1) is 10.9. The summed E-state index contributed by atoms with van der Waals surface area (Å²) in [6.45, 7) is 0.515. The summed E-state index contributed by atoms with van der Waals surface area (Å²) in [5.74, 6) is -0.671. The van der Waals surface area contributed by atoms with Crippen molar-refractivity contribution in [2.45, 2.75) is 0 Å². The van der Waals surface area contributed by atoms with E-state index in [4.69, 9.17) is 11.6 Å². The van der Waals surface area contributed by atoms with Gasteiger partial charge in [0.05, 0.1) is 6.54 Å². The Hall–Kier alpha value is -1.61. The van der Waals surface area contributed by atoms with E-state index in [1.165, 1.54) is 18.2 Å². The molecule has 0 atom stereocenters. The predicted octanol–water partition coefficient (Wildman–Crippen LogP) is 2.62. The van der Waals surface area contributed by atoms with E-state index in [2.05, 4.69) is 5.32 Å². The fourth-order valence-electron chi connectivity index (χ4n) is 1.45. The predicted molar refractivity (Wildman–Crippen MR) is 60.8 cm³/mol. The van der Waals surface area contributed by atoms with Crippen LogP contribution >= 0.6 is 11.6 Å². The zero-order chi connectivity index (χ0) is 11.5. The van der Waals surface area contributed by atoms with Crippen molar-refractivity contribution in [1.29, 1.82) is 0 Å². The molecule has 4 heteroatoms. The SMILES string of the molecule is O=C(C1=CNCC(Cl)=C1)c1cccc(F)c1. The monoisotopic (exact) mass is 237 g/mol. The Kier molecular flexibility index (Phi) is 3.06. The first-order valence-electron chi connectivity index (χ1n) is 4.77. The van der Waals surface area contributed by atoms with Crippen LogP contribution in [0, 0.1) is 5.82 Å². The molecular formula is C12H9ClFNO. The Bertz CT molecular complexity index is 494. The first-order chi connectivity index (χ1) is 7.66. The van der Waals surface area contributed by atoms with E-state index in [-0.39, 0.29) is 5.78 Å². The van der Waals surface area contributed by atoms with Crippen molar-refractivity contribution in [2.24, 2.45) is 0 Å². The smallest absolute Gasteiger partial charge is 0.194 e. The Morgan fingerprint density at radius 1 is 1.44 bits per heavy atom. The van der Waals surface area contributed by atoms with Crippen molar-refractivity contribution in [3.05, 3.63) is 58.5 Å². The number of Topliss-reactive ketones (excluding diaryl/α,β-unsaturated/α-hetero) is 1. The van der Waals surface area contributed by atoms with Crippen molar-refractivity contribution < 1.29 is 9.18 Å². The van der Waals surface area contributed by atoms with Crippen molar-refractivity contribution in [3.8, 4) is 0 Å². The second-order valence-corrected chi connectivity index (χ2v) is 3.90. The number of benzene rings is 1. The molecule has 1 aliphatic heterocycles. The average molecular weight is 238 g/mol. The van der Waals surface area contributed by atoms with Gasteiger partial charge >= 0.3 is 0 Å². The molecule has 0 saturated carbocycles. The average Bonchev–Trinajstić information content (AvgIpc) is 2.28. The van der Waals surface area contributed by atoms with Gasteiger partial charge in [-0.3, -0.25) is 4.79 Å². The minimum atomic E-state index is -0.426. The molecule has 2 rings (SSSR count). The van der Waals surface area contributed by atoms with E-state index in [1.54, 1.807) is 18.3 Å². The molecule has 16 heavy (non-hydrogen) atoms.